The van der Waals surface area contributed by atoms with Gasteiger partial charge in [-0.1, -0.05) is 23.8 Å². The van der Waals surface area contributed by atoms with E-state index >= 15 is 0 Å². The van der Waals surface area contributed by atoms with Crippen molar-refractivity contribution in [3.63, 3.8) is 0 Å². The molecule has 0 amide bonds. The predicted molar refractivity (Wildman–Crippen MR) is 66.0 cm³/mol. The van der Waals surface area contributed by atoms with Crippen molar-refractivity contribution < 1.29 is 22.4 Å². The van der Waals surface area contributed by atoms with Gasteiger partial charge in [0, 0.05) is 5.56 Å². The van der Waals surface area contributed by atoms with Crippen LogP contribution in [0.3, 0.4) is 0 Å². The Bertz CT molecular complexity index is 659. The first-order chi connectivity index (χ1) is 9.29. The Balaban J connectivity index is 2.49. The van der Waals surface area contributed by atoms with E-state index in [2.05, 4.69) is 0 Å². The number of halogens is 4. The number of alkyl halides is 3. The predicted octanol–water partition coefficient (Wildman–Crippen LogP) is 4.38. The molecule has 1 nitrogen and oxygen atoms in total. The first-order valence-electron chi connectivity index (χ1n) is 5.77. The molecular weight excluding hydrogens is 272 g/mol. The molecule has 0 saturated carbocycles. The number of benzene rings is 2. The molecule has 20 heavy (non-hydrogen) atoms. The molecule has 0 saturated heterocycles. The molecule has 2 aromatic rings. The summed E-state index contributed by atoms with van der Waals surface area (Å²) >= 11 is 0. The number of hydrogen-bond donors (Lipinski definition) is 0. The van der Waals surface area contributed by atoms with Gasteiger partial charge in [0.1, 0.15) is 5.82 Å². The molecule has 0 aliphatic carbocycles. The van der Waals surface area contributed by atoms with Crippen LogP contribution in [0.5, 0.6) is 0 Å². The number of rotatable bonds is 2. The SMILES string of the molecule is Cc1cccc(C(=O)c2cc(C(F)(F)F)ccc2F)c1. The molecule has 0 radical (unpaired) electrons. The maximum Gasteiger partial charge on any atom is 0.416 e. The molecular formula is C15H10F4O. The van der Waals surface area contributed by atoms with Crippen LogP contribution in [0.1, 0.15) is 27.0 Å². The minimum Gasteiger partial charge on any atom is -0.288 e. The molecule has 5 heteroatoms. The Hall–Kier alpha value is -2.17. The Morgan fingerprint density at radius 2 is 1.75 bits per heavy atom. The summed E-state index contributed by atoms with van der Waals surface area (Å²) in [6.45, 7) is 1.74. The molecule has 0 N–H and O–H groups in total. The van der Waals surface area contributed by atoms with Gasteiger partial charge in [-0.25, -0.2) is 4.39 Å². The van der Waals surface area contributed by atoms with Crippen molar-refractivity contribution >= 4 is 5.78 Å². The second kappa shape index (κ2) is 5.07. The molecule has 0 aromatic heterocycles. The molecule has 0 atom stereocenters. The summed E-state index contributed by atoms with van der Waals surface area (Å²) in [6.07, 6.45) is -4.62. The molecule has 0 aliphatic rings. The number of hydrogen-bond acceptors (Lipinski definition) is 1. The highest BCUT2D eigenvalue weighted by atomic mass is 19.4. The van der Waals surface area contributed by atoms with E-state index in [1.807, 2.05) is 0 Å². The van der Waals surface area contributed by atoms with Gasteiger partial charge in [0.15, 0.2) is 5.78 Å². The third-order valence-electron chi connectivity index (χ3n) is 2.82. The maximum atomic E-state index is 13.6. The lowest BCUT2D eigenvalue weighted by Crippen LogP contribution is -2.10. The number of carbonyl (C=O) groups excluding carboxylic acids is 1. The molecule has 0 bridgehead atoms. The van der Waals surface area contributed by atoms with Gasteiger partial charge in [0.05, 0.1) is 11.1 Å². The van der Waals surface area contributed by atoms with Crippen molar-refractivity contribution in [3.8, 4) is 0 Å². The highest BCUT2D eigenvalue weighted by Gasteiger charge is 2.32. The molecule has 104 valence electrons. The summed E-state index contributed by atoms with van der Waals surface area (Å²) in [5.74, 6) is -1.73. The van der Waals surface area contributed by atoms with Crippen molar-refractivity contribution in [2.45, 2.75) is 13.1 Å². The van der Waals surface area contributed by atoms with Crippen LogP contribution in [-0.4, -0.2) is 5.78 Å². The van der Waals surface area contributed by atoms with Gasteiger partial charge in [0.2, 0.25) is 0 Å². The smallest absolute Gasteiger partial charge is 0.288 e. The van der Waals surface area contributed by atoms with Crippen LogP contribution in [0.25, 0.3) is 0 Å². The van der Waals surface area contributed by atoms with Crippen LogP contribution < -0.4 is 0 Å². The lowest BCUT2D eigenvalue weighted by atomic mass is 9.99. The molecule has 2 rings (SSSR count). The first-order valence-corrected chi connectivity index (χ1v) is 5.77. The summed E-state index contributed by atoms with van der Waals surface area (Å²) in [6, 6.07) is 8.08. The summed E-state index contributed by atoms with van der Waals surface area (Å²) in [7, 11) is 0. The van der Waals surface area contributed by atoms with Crippen molar-refractivity contribution in [1.82, 2.24) is 0 Å². The zero-order chi connectivity index (χ0) is 14.9. The summed E-state index contributed by atoms with van der Waals surface area (Å²) in [5, 5.41) is 0. The molecule has 0 aliphatic heterocycles. The third-order valence-corrected chi connectivity index (χ3v) is 2.82. The van der Waals surface area contributed by atoms with Crippen LogP contribution in [0.2, 0.25) is 0 Å². The minimum atomic E-state index is -4.62. The minimum absolute atomic E-state index is 0.156. The number of ketones is 1. The van der Waals surface area contributed by atoms with E-state index in [0.29, 0.717) is 18.2 Å². The molecule has 0 unspecified atom stereocenters. The van der Waals surface area contributed by atoms with Crippen LogP contribution in [0, 0.1) is 12.7 Å². The highest BCUT2D eigenvalue weighted by molar-refractivity contribution is 6.09. The summed E-state index contributed by atoms with van der Waals surface area (Å²) < 4.78 is 51.4. The van der Waals surface area contributed by atoms with Crippen molar-refractivity contribution in [2.75, 3.05) is 0 Å². The van der Waals surface area contributed by atoms with Gasteiger partial charge in [-0.2, -0.15) is 13.2 Å². The van der Waals surface area contributed by atoms with E-state index < -0.39 is 28.9 Å². The van der Waals surface area contributed by atoms with Crippen molar-refractivity contribution in [3.05, 3.63) is 70.5 Å². The fourth-order valence-corrected chi connectivity index (χ4v) is 1.82. The Kier molecular flexibility index (Phi) is 3.61. The van der Waals surface area contributed by atoms with Crippen LogP contribution in [0.15, 0.2) is 42.5 Å². The van der Waals surface area contributed by atoms with Gasteiger partial charge in [-0.05, 0) is 31.2 Å². The first kappa shape index (κ1) is 14.2. The van der Waals surface area contributed by atoms with Crippen LogP contribution in [0.4, 0.5) is 17.6 Å². The van der Waals surface area contributed by atoms with Gasteiger partial charge in [-0.3, -0.25) is 4.79 Å². The lowest BCUT2D eigenvalue weighted by molar-refractivity contribution is -0.137. The zero-order valence-electron chi connectivity index (χ0n) is 10.5. The standard InChI is InChI=1S/C15H10F4O/c1-9-3-2-4-10(7-9)14(20)12-8-11(15(17,18)19)5-6-13(12)16/h2-8H,1H3. The second-order valence-electron chi connectivity index (χ2n) is 4.39. The molecule has 0 heterocycles. The normalized spacial score (nSPS) is 11.4. The van der Waals surface area contributed by atoms with E-state index in [9.17, 15) is 22.4 Å². The van der Waals surface area contributed by atoms with Crippen molar-refractivity contribution in [2.24, 2.45) is 0 Å². The Morgan fingerprint density at radius 1 is 1.05 bits per heavy atom. The second-order valence-corrected chi connectivity index (χ2v) is 4.39. The van der Waals surface area contributed by atoms with Gasteiger partial charge in [-0.15, -0.1) is 0 Å². The van der Waals surface area contributed by atoms with Gasteiger partial charge < -0.3 is 0 Å². The Morgan fingerprint density at radius 3 is 2.35 bits per heavy atom. The quantitative estimate of drug-likeness (QED) is 0.590. The van der Waals surface area contributed by atoms with Crippen LogP contribution in [-0.2, 0) is 6.18 Å². The number of aryl methyl sites for hydroxylation is 1. The average molecular weight is 282 g/mol. The van der Waals surface area contributed by atoms with E-state index in [1.165, 1.54) is 12.1 Å². The Labute approximate surface area is 112 Å². The largest absolute Gasteiger partial charge is 0.416 e. The van der Waals surface area contributed by atoms with E-state index in [4.69, 9.17) is 0 Å². The average Bonchev–Trinajstić information content (AvgIpc) is 2.37. The van der Waals surface area contributed by atoms with E-state index in [0.717, 1.165) is 5.56 Å². The van der Waals surface area contributed by atoms with Crippen LogP contribution >= 0.6 is 0 Å². The monoisotopic (exact) mass is 282 g/mol. The number of carbonyl (C=O) groups is 1. The highest BCUT2D eigenvalue weighted by Crippen LogP contribution is 2.30. The van der Waals surface area contributed by atoms with E-state index in [1.54, 1.807) is 19.1 Å². The van der Waals surface area contributed by atoms with Gasteiger partial charge >= 0.3 is 6.18 Å². The fourth-order valence-electron chi connectivity index (χ4n) is 1.82. The zero-order valence-corrected chi connectivity index (χ0v) is 10.5. The molecule has 0 spiro atoms. The van der Waals surface area contributed by atoms with E-state index in [-0.39, 0.29) is 5.56 Å². The van der Waals surface area contributed by atoms with Gasteiger partial charge in [0.25, 0.3) is 0 Å². The third kappa shape index (κ3) is 2.87. The maximum absolute atomic E-state index is 13.6. The summed E-state index contributed by atoms with van der Waals surface area (Å²) in [4.78, 5) is 12.1. The fraction of sp³-hybridized carbons (Fsp3) is 0.133. The summed E-state index contributed by atoms with van der Waals surface area (Å²) in [5.41, 5.74) is -0.702. The topological polar surface area (TPSA) is 17.1 Å². The van der Waals surface area contributed by atoms with Crippen molar-refractivity contribution in [1.29, 1.82) is 0 Å². The molecule has 0 fully saturated rings. The lowest BCUT2D eigenvalue weighted by Gasteiger charge is -2.09. The molecule has 2 aromatic carbocycles.